The van der Waals surface area contributed by atoms with E-state index in [0.29, 0.717) is 11.9 Å². The van der Waals surface area contributed by atoms with Gasteiger partial charge in [0.2, 0.25) is 0 Å². The molecule has 102 valence electrons. The van der Waals surface area contributed by atoms with Crippen LogP contribution in [0.5, 0.6) is 0 Å². The molecule has 0 bridgehead atoms. The Morgan fingerprint density at radius 1 is 1.47 bits per heavy atom. The highest BCUT2D eigenvalue weighted by molar-refractivity contribution is 6.17. The van der Waals surface area contributed by atoms with Crippen molar-refractivity contribution in [2.75, 3.05) is 39.7 Å². The number of ether oxygens (including phenoxy) is 1. The van der Waals surface area contributed by atoms with Gasteiger partial charge in [-0.25, -0.2) is 0 Å². The Hall–Kier alpha value is 0.170. The van der Waals surface area contributed by atoms with Crippen molar-refractivity contribution in [2.24, 2.45) is 0 Å². The molecule has 1 heterocycles. The molecule has 0 aromatic heterocycles. The molecule has 0 saturated carbocycles. The van der Waals surface area contributed by atoms with Gasteiger partial charge in [0.25, 0.3) is 0 Å². The summed E-state index contributed by atoms with van der Waals surface area (Å²) in [5.41, 5.74) is 0. The third-order valence-electron chi connectivity index (χ3n) is 3.66. The smallest absolute Gasteiger partial charge is 0.0616 e. The molecule has 1 aliphatic rings. The van der Waals surface area contributed by atoms with E-state index in [2.05, 4.69) is 17.3 Å². The zero-order valence-electron chi connectivity index (χ0n) is 11.3. The van der Waals surface area contributed by atoms with Crippen molar-refractivity contribution < 1.29 is 4.74 Å². The predicted octanol–water partition coefficient (Wildman–Crippen LogP) is 2.09. The van der Waals surface area contributed by atoms with Crippen LogP contribution in [0.25, 0.3) is 0 Å². The highest BCUT2D eigenvalue weighted by atomic mass is 35.5. The molecular weight excluding hydrogens is 236 g/mol. The van der Waals surface area contributed by atoms with Gasteiger partial charge < -0.3 is 15.0 Å². The minimum absolute atomic E-state index is 0.409. The normalized spacial score (nSPS) is 23.8. The molecule has 1 N–H and O–H groups in total. The average Bonchev–Trinajstić information content (AvgIpc) is 2.32. The fourth-order valence-corrected chi connectivity index (χ4v) is 2.80. The summed E-state index contributed by atoms with van der Waals surface area (Å²) < 4.78 is 5.19. The second-order valence-electron chi connectivity index (χ2n) is 5.00. The number of piperidine rings is 1. The lowest BCUT2D eigenvalue weighted by Crippen LogP contribution is -2.41. The first kappa shape index (κ1) is 15.2. The van der Waals surface area contributed by atoms with Gasteiger partial charge in [-0.15, -0.1) is 11.6 Å². The summed E-state index contributed by atoms with van der Waals surface area (Å²) in [6, 6.07) is 1.17. The number of halogens is 1. The maximum absolute atomic E-state index is 5.78. The number of nitrogens with zero attached hydrogens (tertiary/aromatic N) is 1. The first-order valence-corrected chi connectivity index (χ1v) is 7.30. The van der Waals surface area contributed by atoms with Gasteiger partial charge in [0.1, 0.15) is 0 Å². The lowest BCUT2D eigenvalue weighted by Gasteiger charge is -2.33. The van der Waals surface area contributed by atoms with Crippen molar-refractivity contribution in [3.8, 4) is 0 Å². The highest BCUT2D eigenvalue weighted by Gasteiger charge is 2.18. The second kappa shape index (κ2) is 9.15. The fourth-order valence-electron chi connectivity index (χ4n) is 2.54. The van der Waals surface area contributed by atoms with Gasteiger partial charge in [0, 0.05) is 25.1 Å². The topological polar surface area (TPSA) is 24.5 Å². The molecule has 17 heavy (non-hydrogen) atoms. The van der Waals surface area contributed by atoms with Crippen LogP contribution < -0.4 is 5.32 Å². The van der Waals surface area contributed by atoms with Crippen molar-refractivity contribution in [2.45, 2.75) is 44.2 Å². The molecule has 0 aliphatic carbocycles. The molecule has 0 amide bonds. The van der Waals surface area contributed by atoms with E-state index in [1.165, 1.54) is 32.2 Å². The summed E-state index contributed by atoms with van der Waals surface area (Å²) in [5, 5.41) is 3.55. The Labute approximate surface area is 111 Å². The van der Waals surface area contributed by atoms with E-state index in [1.54, 1.807) is 7.11 Å². The molecule has 2 atom stereocenters. The molecule has 0 radical (unpaired) electrons. The zero-order chi connectivity index (χ0) is 12.5. The van der Waals surface area contributed by atoms with E-state index in [4.69, 9.17) is 16.3 Å². The summed E-state index contributed by atoms with van der Waals surface area (Å²) in [4.78, 5) is 2.50. The van der Waals surface area contributed by atoms with Crippen molar-refractivity contribution in [1.82, 2.24) is 10.2 Å². The summed E-state index contributed by atoms with van der Waals surface area (Å²) in [5.74, 6) is 0.699. The number of alkyl halides is 1. The van der Waals surface area contributed by atoms with Crippen molar-refractivity contribution in [3.63, 3.8) is 0 Å². The van der Waals surface area contributed by atoms with Crippen LogP contribution in [-0.4, -0.2) is 56.7 Å². The SMILES string of the molecule is COCC(CCCl)NCCC1CCCCN1C. The molecule has 0 spiro atoms. The molecule has 1 fully saturated rings. The van der Waals surface area contributed by atoms with Crippen molar-refractivity contribution >= 4 is 11.6 Å². The Kier molecular flexibility index (Phi) is 8.19. The third-order valence-corrected chi connectivity index (χ3v) is 3.88. The maximum atomic E-state index is 5.78. The standard InChI is InChI=1S/C13H27ClN2O/c1-16-10-4-3-5-13(16)7-9-15-12(6-8-14)11-17-2/h12-13,15H,3-11H2,1-2H3. The van der Waals surface area contributed by atoms with E-state index in [-0.39, 0.29) is 0 Å². The van der Waals surface area contributed by atoms with Gasteiger partial charge in [-0.05, 0) is 45.8 Å². The van der Waals surface area contributed by atoms with Gasteiger partial charge in [-0.3, -0.25) is 0 Å². The molecular formula is C13H27ClN2O. The summed E-state index contributed by atoms with van der Waals surface area (Å²) >= 11 is 5.78. The van der Waals surface area contributed by atoms with E-state index in [1.807, 2.05) is 0 Å². The van der Waals surface area contributed by atoms with Crippen LogP contribution in [0, 0.1) is 0 Å². The van der Waals surface area contributed by atoms with Crippen LogP contribution in [-0.2, 0) is 4.74 Å². The van der Waals surface area contributed by atoms with E-state index in [0.717, 1.165) is 25.6 Å². The van der Waals surface area contributed by atoms with E-state index < -0.39 is 0 Å². The number of rotatable bonds is 8. The number of nitrogens with one attached hydrogen (secondary N) is 1. The summed E-state index contributed by atoms with van der Waals surface area (Å²) in [6.45, 7) is 3.08. The van der Waals surface area contributed by atoms with E-state index >= 15 is 0 Å². The minimum Gasteiger partial charge on any atom is -0.383 e. The van der Waals surface area contributed by atoms with Gasteiger partial charge in [-0.2, -0.15) is 0 Å². The summed E-state index contributed by atoms with van der Waals surface area (Å²) in [7, 11) is 3.99. The van der Waals surface area contributed by atoms with Crippen LogP contribution >= 0.6 is 11.6 Å². The van der Waals surface area contributed by atoms with Crippen LogP contribution in [0.2, 0.25) is 0 Å². The largest absolute Gasteiger partial charge is 0.383 e. The molecule has 0 aromatic carbocycles. The minimum atomic E-state index is 0.409. The number of likely N-dealkylation sites (tertiary alicyclic amines) is 1. The molecule has 0 aromatic rings. The number of hydrogen-bond acceptors (Lipinski definition) is 3. The van der Waals surface area contributed by atoms with Crippen LogP contribution in [0.1, 0.15) is 32.1 Å². The van der Waals surface area contributed by atoms with Gasteiger partial charge >= 0.3 is 0 Å². The zero-order valence-corrected chi connectivity index (χ0v) is 12.0. The highest BCUT2D eigenvalue weighted by Crippen LogP contribution is 2.17. The van der Waals surface area contributed by atoms with Crippen LogP contribution in [0.3, 0.4) is 0 Å². The predicted molar refractivity (Wildman–Crippen MR) is 73.9 cm³/mol. The number of methoxy groups -OCH3 is 1. The fraction of sp³-hybridized carbons (Fsp3) is 1.00. The first-order chi connectivity index (χ1) is 8.27. The number of hydrogen-bond donors (Lipinski definition) is 1. The third kappa shape index (κ3) is 6.05. The Morgan fingerprint density at radius 2 is 2.29 bits per heavy atom. The maximum Gasteiger partial charge on any atom is 0.0616 e. The van der Waals surface area contributed by atoms with Gasteiger partial charge in [-0.1, -0.05) is 6.42 Å². The molecule has 4 heteroatoms. The van der Waals surface area contributed by atoms with Crippen molar-refractivity contribution in [1.29, 1.82) is 0 Å². The molecule has 3 nitrogen and oxygen atoms in total. The molecule has 1 saturated heterocycles. The second-order valence-corrected chi connectivity index (χ2v) is 5.38. The Morgan fingerprint density at radius 3 is 2.94 bits per heavy atom. The molecule has 1 rings (SSSR count). The molecule has 1 aliphatic heterocycles. The summed E-state index contributed by atoms with van der Waals surface area (Å²) in [6.07, 6.45) is 6.31. The monoisotopic (exact) mass is 262 g/mol. The molecule has 2 unspecified atom stereocenters. The Bertz CT molecular complexity index is 186. The van der Waals surface area contributed by atoms with Crippen molar-refractivity contribution in [3.05, 3.63) is 0 Å². The first-order valence-electron chi connectivity index (χ1n) is 6.76. The quantitative estimate of drug-likeness (QED) is 0.678. The van der Waals surface area contributed by atoms with Crippen LogP contribution in [0.15, 0.2) is 0 Å². The Balaban J connectivity index is 2.15. The lowest BCUT2D eigenvalue weighted by atomic mass is 10.00. The van der Waals surface area contributed by atoms with Crippen LogP contribution in [0.4, 0.5) is 0 Å². The average molecular weight is 263 g/mol. The lowest BCUT2D eigenvalue weighted by molar-refractivity contribution is 0.153. The van der Waals surface area contributed by atoms with E-state index in [9.17, 15) is 0 Å². The van der Waals surface area contributed by atoms with Gasteiger partial charge in [0.05, 0.1) is 6.61 Å². The van der Waals surface area contributed by atoms with Gasteiger partial charge in [0.15, 0.2) is 0 Å².